The minimum absolute atomic E-state index is 0.00573. The van der Waals surface area contributed by atoms with E-state index >= 15 is 0 Å². The lowest BCUT2D eigenvalue weighted by Gasteiger charge is -2.10. The molecule has 2 aromatic carbocycles. The van der Waals surface area contributed by atoms with E-state index in [1.54, 1.807) is 0 Å². The summed E-state index contributed by atoms with van der Waals surface area (Å²) in [7, 11) is 6.51. The first-order valence-corrected chi connectivity index (χ1v) is 10.2. The van der Waals surface area contributed by atoms with Crippen molar-refractivity contribution in [1.82, 2.24) is 9.13 Å². The molecule has 0 radical (unpaired) electrons. The van der Waals surface area contributed by atoms with Gasteiger partial charge < -0.3 is 9.13 Å². The van der Waals surface area contributed by atoms with Crippen LogP contribution in [0.3, 0.4) is 0 Å². The minimum Gasteiger partial charge on any atom is -0.349 e. The van der Waals surface area contributed by atoms with E-state index in [1.807, 2.05) is 84.2 Å². The molecule has 0 fully saturated rings. The summed E-state index contributed by atoms with van der Waals surface area (Å²) in [6, 6.07) is 15.1. The number of hydrogen-bond donors (Lipinski definition) is 0. The molecular formula is C20H16N2O2S2. The topological polar surface area (TPSA) is 44.0 Å². The van der Waals surface area contributed by atoms with Gasteiger partial charge in [-0.05, 0) is 45.9 Å². The molecule has 0 saturated carbocycles. The lowest BCUT2D eigenvalue weighted by atomic mass is 10.2. The number of hydrogen-bond acceptors (Lipinski definition) is 4. The number of nitrogens with zero attached hydrogens (tertiary/aromatic N) is 2. The maximum atomic E-state index is 12.7. The number of benzene rings is 2. The molecule has 4 aromatic rings. The zero-order valence-corrected chi connectivity index (χ0v) is 15.9. The summed E-state index contributed by atoms with van der Waals surface area (Å²) in [4.78, 5) is 26.7. The molecule has 6 heteroatoms. The number of aryl methyl sites for hydroxylation is 2. The molecule has 0 atom stereocenters. The number of pyridine rings is 2. The molecule has 26 heavy (non-hydrogen) atoms. The fourth-order valence-electron chi connectivity index (χ4n) is 3.03. The van der Waals surface area contributed by atoms with Gasteiger partial charge in [-0.15, -0.1) is 0 Å². The summed E-state index contributed by atoms with van der Waals surface area (Å²) in [5.74, 6) is 0. The van der Waals surface area contributed by atoms with Crippen molar-refractivity contribution >= 4 is 43.4 Å². The van der Waals surface area contributed by atoms with Crippen LogP contribution in [0.15, 0.2) is 80.3 Å². The molecule has 2 heterocycles. The third kappa shape index (κ3) is 2.85. The highest BCUT2D eigenvalue weighted by Crippen LogP contribution is 2.35. The highest BCUT2D eigenvalue weighted by atomic mass is 33.1. The van der Waals surface area contributed by atoms with Crippen molar-refractivity contribution in [1.29, 1.82) is 0 Å². The normalized spacial score (nSPS) is 11.3. The van der Waals surface area contributed by atoms with Gasteiger partial charge in [-0.1, -0.05) is 24.3 Å². The van der Waals surface area contributed by atoms with Gasteiger partial charge in [0.1, 0.15) is 0 Å². The maximum Gasteiger partial charge on any atom is 0.203 e. The van der Waals surface area contributed by atoms with Crippen molar-refractivity contribution in [2.75, 3.05) is 0 Å². The smallest absolute Gasteiger partial charge is 0.203 e. The van der Waals surface area contributed by atoms with Crippen LogP contribution in [0.4, 0.5) is 0 Å². The van der Waals surface area contributed by atoms with Gasteiger partial charge in [0.05, 0.1) is 20.8 Å². The molecule has 0 unspecified atom stereocenters. The quantitative estimate of drug-likeness (QED) is 0.500. The van der Waals surface area contributed by atoms with E-state index in [4.69, 9.17) is 0 Å². The van der Waals surface area contributed by atoms with Gasteiger partial charge in [-0.3, -0.25) is 9.59 Å². The standard InChI is InChI=1S/C20H16N2O2S2/c1-21-11-17(19(23)13-7-3-5-9-15(13)21)25-26-18-12-22(2)16-10-6-4-8-14(16)20(18)24/h3-12H,1-2H3. The summed E-state index contributed by atoms with van der Waals surface area (Å²) >= 11 is 0. The Morgan fingerprint density at radius 2 is 1.04 bits per heavy atom. The van der Waals surface area contributed by atoms with Gasteiger partial charge in [0.15, 0.2) is 0 Å². The van der Waals surface area contributed by atoms with E-state index in [0.29, 0.717) is 20.6 Å². The molecular weight excluding hydrogens is 364 g/mol. The van der Waals surface area contributed by atoms with Crippen LogP contribution in [-0.4, -0.2) is 9.13 Å². The second-order valence-corrected chi connectivity index (χ2v) is 8.28. The Bertz CT molecular complexity index is 1160. The summed E-state index contributed by atoms with van der Waals surface area (Å²) < 4.78 is 3.89. The zero-order valence-electron chi connectivity index (χ0n) is 14.3. The first-order valence-electron chi connectivity index (χ1n) is 8.07. The Morgan fingerprint density at radius 3 is 1.46 bits per heavy atom. The second kappa shape index (κ2) is 6.70. The molecule has 0 aliphatic heterocycles. The summed E-state index contributed by atoms with van der Waals surface area (Å²) in [6.45, 7) is 0. The van der Waals surface area contributed by atoms with Crippen LogP contribution < -0.4 is 10.9 Å². The monoisotopic (exact) mass is 380 g/mol. The molecule has 0 N–H and O–H groups in total. The van der Waals surface area contributed by atoms with E-state index in [1.165, 1.54) is 21.6 Å². The SMILES string of the molecule is Cn1cc(SSc2cn(C)c3ccccc3c2=O)c(=O)c2ccccc21. The van der Waals surface area contributed by atoms with E-state index in [-0.39, 0.29) is 10.9 Å². The van der Waals surface area contributed by atoms with Gasteiger partial charge in [-0.25, -0.2) is 0 Å². The van der Waals surface area contributed by atoms with E-state index in [9.17, 15) is 9.59 Å². The van der Waals surface area contributed by atoms with Crippen LogP contribution in [-0.2, 0) is 14.1 Å². The van der Waals surface area contributed by atoms with Crippen molar-refractivity contribution < 1.29 is 0 Å². The maximum absolute atomic E-state index is 12.7. The summed E-state index contributed by atoms with van der Waals surface area (Å²) in [5, 5.41) is 1.37. The zero-order chi connectivity index (χ0) is 18.3. The molecule has 4 nitrogen and oxygen atoms in total. The lowest BCUT2D eigenvalue weighted by molar-refractivity contribution is 0.923. The third-order valence-electron chi connectivity index (χ3n) is 4.35. The Kier molecular flexibility index (Phi) is 4.38. The van der Waals surface area contributed by atoms with Crippen LogP contribution >= 0.6 is 21.6 Å². The van der Waals surface area contributed by atoms with E-state index < -0.39 is 0 Å². The summed E-state index contributed by atoms with van der Waals surface area (Å²) in [6.07, 6.45) is 3.65. The summed E-state index contributed by atoms with van der Waals surface area (Å²) in [5.41, 5.74) is 1.78. The van der Waals surface area contributed by atoms with Crippen molar-refractivity contribution in [3.63, 3.8) is 0 Å². The molecule has 2 aromatic heterocycles. The molecule has 0 aliphatic rings. The first-order chi connectivity index (χ1) is 12.6. The van der Waals surface area contributed by atoms with Crippen molar-refractivity contribution in [3.8, 4) is 0 Å². The second-order valence-electron chi connectivity index (χ2n) is 6.07. The Hall–Kier alpha value is -2.44. The van der Waals surface area contributed by atoms with Gasteiger partial charge in [0.25, 0.3) is 0 Å². The number of para-hydroxylation sites is 2. The molecule has 4 rings (SSSR count). The van der Waals surface area contributed by atoms with Gasteiger partial charge in [-0.2, -0.15) is 0 Å². The van der Waals surface area contributed by atoms with Gasteiger partial charge in [0.2, 0.25) is 10.9 Å². The molecule has 130 valence electrons. The fourth-order valence-corrected chi connectivity index (χ4v) is 5.23. The molecule has 0 aliphatic carbocycles. The number of fused-ring (bicyclic) bond motifs is 2. The van der Waals surface area contributed by atoms with Crippen LogP contribution in [0.2, 0.25) is 0 Å². The van der Waals surface area contributed by atoms with Crippen molar-refractivity contribution in [2.24, 2.45) is 14.1 Å². The Morgan fingerprint density at radius 1 is 0.654 bits per heavy atom. The van der Waals surface area contributed by atoms with Gasteiger partial charge >= 0.3 is 0 Å². The molecule has 0 amide bonds. The highest BCUT2D eigenvalue weighted by molar-refractivity contribution is 8.76. The molecule has 0 bridgehead atoms. The Labute approximate surface area is 157 Å². The van der Waals surface area contributed by atoms with Crippen molar-refractivity contribution in [3.05, 3.63) is 81.4 Å². The Balaban J connectivity index is 1.75. The lowest BCUT2D eigenvalue weighted by Crippen LogP contribution is -2.10. The largest absolute Gasteiger partial charge is 0.349 e. The first kappa shape index (κ1) is 17.0. The van der Waals surface area contributed by atoms with E-state index in [2.05, 4.69) is 0 Å². The minimum atomic E-state index is -0.00573. The number of rotatable bonds is 3. The molecule has 0 saturated heterocycles. The average Bonchev–Trinajstić information content (AvgIpc) is 2.67. The predicted octanol–water partition coefficient (Wildman–Crippen LogP) is 4.19. The van der Waals surface area contributed by atoms with Crippen LogP contribution in [0, 0.1) is 0 Å². The number of aromatic nitrogens is 2. The van der Waals surface area contributed by atoms with Crippen LogP contribution in [0.25, 0.3) is 21.8 Å². The van der Waals surface area contributed by atoms with Crippen LogP contribution in [0.5, 0.6) is 0 Å². The fraction of sp³-hybridized carbons (Fsp3) is 0.100. The average molecular weight is 380 g/mol. The highest BCUT2D eigenvalue weighted by Gasteiger charge is 2.12. The van der Waals surface area contributed by atoms with Crippen molar-refractivity contribution in [2.45, 2.75) is 9.79 Å². The predicted molar refractivity (Wildman–Crippen MR) is 110 cm³/mol. The van der Waals surface area contributed by atoms with Crippen LogP contribution in [0.1, 0.15) is 0 Å². The van der Waals surface area contributed by atoms with E-state index in [0.717, 1.165) is 11.0 Å². The van der Waals surface area contributed by atoms with Gasteiger partial charge in [0, 0.05) is 37.3 Å². The third-order valence-corrected chi connectivity index (χ3v) is 6.70. The molecule has 0 spiro atoms.